The predicted octanol–water partition coefficient (Wildman–Crippen LogP) is 4.98. The summed E-state index contributed by atoms with van der Waals surface area (Å²) in [7, 11) is 0. The highest BCUT2D eigenvalue weighted by Gasteiger charge is 2.24. The number of thiophene rings is 1. The molecule has 1 N–H and O–H groups in total. The molecule has 4 rings (SSSR count). The van der Waals surface area contributed by atoms with Gasteiger partial charge in [-0.25, -0.2) is 0 Å². The Morgan fingerprint density at radius 2 is 2.00 bits per heavy atom. The molecule has 152 valence electrons. The van der Waals surface area contributed by atoms with Crippen molar-refractivity contribution in [2.24, 2.45) is 0 Å². The summed E-state index contributed by atoms with van der Waals surface area (Å²) in [5, 5.41) is 9.17. The van der Waals surface area contributed by atoms with Crippen molar-refractivity contribution in [2.45, 2.75) is 39.2 Å². The average molecular weight is 410 g/mol. The highest BCUT2D eigenvalue weighted by atomic mass is 32.1. The number of aromatic nitrogens is 1. The van der Waals surface area contributed by atoms with E-state index in [4.69, 9.17) is 4.52 Å². The lowest BCUT2D eigenvalue weighted by Crippen LogP contribution is -2.40. The van der Waals surface area contributed by atoms with Gasteiger partial charge in [0, 0.05) is 23.1 Å². The van der Waals surface area contributed by atoms with E-state index < -0.39 is 0 Å². The van der Waals surface area contributed by atoms with Gasteiger partial charge in [0.1, 0.15) is 0 Å². The predicted molar refractivity (Wildman–Crippen MR) is 116 cm³/mol. The van der Waals surface area contributed by atoms with Crippen molar-refractivity contribution in [1.82, 2.24) is 15.4 Å². The third-order valence-corrected chi connectivity index (χ3v) is 6.67. The smallest absolute Gasteiger partial charge is 0.273 e. The lowest BCUT2D eigenvalue weighted by atomic mass is 10.0. The minimum Gasteiger partial charge on any atom is -0.355 e. The van der Waals surface area contributed by atoms with Crippen LogP contribution in [-0.4, -0.2) is 35.6 Å². The van der Waals surface area contributed by atoms with Gasteiger partial charge >= 0.3 is 0 Å². The van der Waals surface area contributed by atoms with E-state index in [1.165, 1.54) is 35.3 Å². The van der Waals surface area contributed by atoms with Crippen LogP contribution in [0.3, 0.4) is 0 Å². The summed E-state index contributed by atoms with van der Waals surface area (Å²) in [4.78, 5) is 16.5. The van der Waals surface area contributed by atoms with Crippen molar-refractivity contribution in [2.75, 3.05) is 19.6 Å². The molecule has 0 saturated carbocycles. The van der Waals surface area contributed by atoms with Crippen molar-refractivity contribution < 1.29 is 9.32 Å². The van der Waals surface area contributed by atoms with Crippen LogP contribution in [0.5, 0.6) is 0 Å². The van der Waals surface area contributed by atoms with Crippen LogP contribution in [0.4, 0.5) is 0 Å². The summed E-state index contributed by atoms with van der Waals surface area (Å²) >= 11 is 1.75. The number of aryl methyl sites for hydroxylation is 2. The first-order chi connectivity index (χ1) is 14.1. The summed E-state index contributed by atoms with van der Waals surface area (Å²) < 4.78 is 5.44. The molecule has 1 fully saturated rings. The summed E-state index contributed by atoms with van der Waals surface area (Å²) in [6, 6.07) is 12.3. The zero-order chi connectivity index (χ0) is 20.2. The van der Waals surface area contributed by atoms with Crippen molar-refractivity contribution in [1.29, 1.82) is 0 Å². The first-order valence-electron chi connectivity index (χ1n) is 10.2. The number of piperidine rings is 1. The van der Waals surface area contributed by atoms with Gasteiger partial charge < -0.3 is 9.84 Å². The lowest BCUT2D eigenvalue weighted by Gasteiger charge is -2.34. The number of likely N-dealkylation sites (tertiary alicyclic amines) is 1. The summed E-state index contributed by atoms with van der Waals surface area (Å²) in [5.41, 5.74) is 3.67. The normalized spacial score (nSPS) is 15.9. The molecule has 0 aliphatic carbocycles. The van der Waals surface area contributed by atoms with E-state index in [0.29, 0.717) is 18.0 Å². The first-order valence-corrected chi connectivity index (χ1v) is 11.1. The number of carbonyl (C=O) groups excluding carboxylic acids is 1. The van der Waals surface area contributed by atoms with E-state index >= 15 is 0 Å². The number of hydrogen-bond donors (Lipinski definition) is 1. The molecule has 0 radical (unpaired) electrons. The van der Waals surface area contributed by atoms with Gasteiger partial charge in [-0.2, -0.15) is 0 Å². The maximum absolute atomic E-state index is 12.7. The quantitative estimate of drug-likeness (QED) is 0.624. The fourth-order valence-electron chi connectivity index (χ4n) is 3.81. The largest absolute Gasteiger partial charge is 0.355 e. The highest BCUT2D eigenvalue weighted by Crippen LogP contribution is 2.28. The van der Waals surface area contributed by atoms with E-state index in [-0.39, 0.29) is 11.9 Å². The lowest BCUT2D eigenvalue weighted by molar-refractivity contribution is 0.0917. The number of amides is 1. The molecule has 1 atom stereocenters. The van der Waals surface area contributed by atoms with Gasteiger partial charge in [-0.1, -0.05) is 29.8 Å². The molecule has 1 saturated heterocycles. The van der Waals surface area contributed by atoms with E-state index in [1.54, 1.807) is 17.4 Å². The number of nitrogens with one attached hydrogen (secondary N) is 1. The third-order valence-electron chi connectivity index (χ3n) is 5.69. The van der Waals surface area contributed by atoms with Crippen LogP contribution < -0.4 is 5.32 Å². The second kappa shape index (κ2) is 8.93. The number of hydrogen-bond acceptors (Lipinski definition) is 5. The molecule has 5 nitrogen and oxygen atoms in total. The molecule has 2 aromatic heterocycles. The molecule has 0 unspecified atom stereocenters. The Labute approximate surface area is 175 Å². The van der Waals surface area contributed by atoms with Crippen molar-refractivity contribution in [3.05, 3.63) is 63.5 Å². The van der Waals surface area contributed by atoms with Gasteiger partial charge in [-0.15, -0.1) is 11.3 Å². The molecule has 0 spiro atoms. The molecule has 1 amide bonds. The maximum atomic E-state index is 12.7. The Kier molecular flexibility index (Phi) is 6.11. The van der Waals surface area contributed by atoms with Gasteiger partial charge in [0.15, 0.2) is 11.5 Å². The van der Waals surface area contributed by atoms with Gasteiger partial charge in [0.05, 0.1) is 6.04 Å². The van der Waals surface area contributed by atoms with Crippen LogP contribution >= 0.6 is 11.3 Å². The minimum absolute atomic E-state index is 0.192. The van der Waals surface area contributed by atoms with E-state index in [2.05, 4.69) is 58.9 Å². The number of rotatable bonds is 6. The van der Waals surface area contributed by atoms with Crippen molar-refractivity contribution in [3.63, 3.8) is 0 Å². The Hall–Kier alpha value is -2.44. The van der Waals surface area contributed by atoms with Gasteiger partial charge in [-0.3, -0.25) is 9.69 Å². The van der Waals surface area contributed by atoms with E-state index in [9.17, 15) is 4.79 Å². The molecule has 3 aromatic rings. The van der Waals surface area contributed by atoms with Crippen LogP contribution in [0.15, 0.2) is 46.3 Å². The summed E-state index contributed by atoms with van der Waals surface area (Å²) in [6.07, 6.45) is 3.73. The second-order valence-electron chi connectivity index (χ2n) is 7.71. The Balaban J connectivity index is 1.44. The molecular weight excluding hydrogens is 382 g/mol. The van der Waals surface area contributed by atoms with Crippen molar-refractivity contribution >= 4 is 17.2 Å². The summed E-state index contributed by atoms with van der Waals surface area (Å²) in [6.45, 7) is 6.88. The van der Waals surface area contributed by atoms with E-state index in [0.717, 1.165) is 18.7 Å². The van der Waals surface area contributed by atoms with Crippen LogP contribution in [0, 0.1) is 13.8 Å². The van der Waals surface area contributed by atoms with Crippen molar-refractivity contribution in [3.8, 4) is 11.3 Å². The zero-order valence-electron chi connectivity index (χ0n) is 17.0. The third kappa shape index (κ3) is 4.60. The summed E-state index contributed by atoms with van der Waals surface area (Å²) in [5.74, 6) is 0.423. The standard InChI is InChI=1S/C23H27N3O2S/c1-16-8-9-18(13-17(16)2)21-14-19(25-28-21)23(27)24-15-20(22-7-6-12-29-22)26-10-4-3-5-11-26/h6-9,12-14,20H,3-5,10-11,15H2,1-2H3,(H,24,27)/t20-/m1/s1. The fourth-order valence-corrected chi connectivity index (χ4v) is 4.67. The molecule has 3 heterocycles. The van der Waals surface area contributed by atoms with E-state index in [1.807, 2.05) is 6.07 Å². The van der Waals surface area contributed by atoms with Crippen LogP contribution in [0.25, 0.3) is 11.3 Å². The minimum atomic E-state index is -0.192. The molecule has 1 aliphatic heterocycles. The first kappa shape index (κ1) is 19.9. The molecule has 1 aromatic carbocycles. The molecular formula is C23H27N3O2S. The molecule has 29 heavy (non-hydrogen) atoms. The Morgan fingerprint density at radius 3 is 2.72 bits per heavy atom. The zero-order valence-corrected chi connectivity index (χ0v) is 17.8. The Bertz CT molecular complexity index is 958. The van der Waals surface area contributed by atoms with Crippen LogP contribution in [0.1, 0.15) is 51.8 Å². The average Bonchev–Trinajstić information content (AvgIpc) is 3.43. The van der Waals surface area contributed by atoms with Gasteiger partial charge in [0.2, 0.25) is 0 Å². The van der Waals surface area contributed by atoms with Crippen LogP contribution in [0.2, 0.25) is 0 Å². The second-order valence-corrected chi connectivity index (χ2v) is 8.69. The van der Waals surface area contributed by atoms with Gasteiger partial charge in [0.25, 0.3) is 5.91 Å². The SMILES string of the molecule is Cc1ccc(-c2cc(C(=O)NC[C@H](c3cccs3)N3CCCCC3)no2)cc1C. The van der Waals surface area contributed by atoms with Crippen LogP contribution in [-0.2, 0) is 0 Å². The molecule has 0 bridgehead atoms. The monoisotopic (exact) mass is 409 g/mol. The molecule has 6 heteroatoms. The number of carbonyl (C=O) groups is 1. The Morgan fingerprint density at radius 1 is 1.17 bits per heavy atom. The topological polar surface area (TPSA) is 58.4 Å². The number of benzene rings is 1. The highest BCUT2D eigenvalue weighted by molar-refractivity contribution is 7.10. The fraction of sp³-hybridized carbons (Fsp3) is 0.391. The number of nitrogens with zero attached hydrogens (tertiary/aromatic N) is 2. The van der Waals surface area contributed by atoms with Gasteiger partial charge in [-0.05, 0) is 68.4 Å². The molecule has 1 aliphatic rings. The maximum Gasteiger partial charge on any atom is 0.273 e.